The van der Waals surface area contributed by atoms with Gasteiger partial charge in [-0.2, -0.15) is 5.26 Å². The molecule has 12 heavy (non-hydrogen) atoms. The SMILES string of the molecule is N#CCCOP(=O)(O)O.O.O.[BaH2]. The zero-order chi connectivity index (χ0) is 7.33. The van der Waals surface area contributed by atoms with Gasteiger partial charge in [0.1, 0.15) is 0 Å². The van der Waals surface area contributed by atoms with Gasteiger partial charge in [-0.15, -0.1) is 0 Å². The monoisotopic (exact) mass is 327 g/mol. The minimum absolute atomic E-state index is 0. The first-order valence-electron chi connectivity index (χ1n) is 2.13. The molecule has 0 bridgehead atoms. The summed E-state index contributed by atoms with van der Waals surface area (Å²) in [6.07, 6.45) is -0.00882. The van der Waals surface area contributed by atoms with Gasteiger partial charge in [0.05, 0.1) is 19.1 Å². The Bertz CT molecular complexity index is 163. The van der Waals surface area contributed by atoms with Crippen LogP contribution in [0.3, 0.4) is 0 Å². The van der Waals surface area contributed by atoms with E-state index in [2.05, 4.69) is 4.52 Å². The number of rotatable bonds is 3. The van der Waals surface area contributed by atoms with Crippen LogP contribution in [0.2, 0.25) is 0 Å². The van der Waals surface area contributed by atoms with E-state index in [-0.39, 0.29) is 72.9 Å². The summed E-state index contributed by atoms with van der Waals surface area (Å²) in [7, 11) is -4.35. The summed E-state index contributed by atoms with van der Waals surface area (Å²) < 4.78 is 13.8. The Morgan fingerprint density at radius 1 is 1.42 bits per heavy atom. The summed E-state index contributed by atoms with van der Waals surface area (Å²) >= 11 is 0. The van der Waals surface area contributed by atoms with Crippen molar-refractivity contribution >= 4 is 56.7 Å². The molecule has 9 heteroatoms. The summed E-state index contributed by atoms with van der Waals surface area (Å²) in [5.74, 6) is 0. The van der Waals surface area contributed by atoms with Gasteiger partial charge in [-0.3, -0.25) is 4.52 Å². The van der Waals surface area contributed by atoms with Gasteiger partial charge in [-0.25, -0.2) is 4.57 Å². The molecule has 0 spiro atoms. The van der Waals surface area contributed by atoms with E-state index in [0.29, 0.717) is 0 Å². The van der Waals surface area contributed by atoms with Gasteiger partial charge < -0.3 is 20.7 Å². The van der Waals surface area contributed by atoms with Crippen molar-refractivity contribution in [2.75, 3.05) is 6.61 Å². The Hall–Kier alpha value is 1.09. The third-order valence-electron chi connectivity index (χ3n) is 0.473. The molecule has 0 saturated heterocycles. The zero-order valence-corrected chi connectivity index (χ0v) is 6.41. The standard InChI is InChI=1S/C3H6NO4P.Ba.2H2O.2H/c4-2-1-3-8-9(5,6)7;;;;;/h1,3H2,(H2,5,6,7);;2*1H2;;. The molecule has 0 radical (unpaired) electrons. The van der Waals surface area contributed by atoms with Crippen LogP contribution >= 0.6 is 7.82 Å². The van der Waals surface area contributed by atoms with E-state index < -0.39 is 7.82 Å². The molecule has 0 aromatic carbocycles. The van der Waals surface area contributed by atoms with Crippen molar-refractivity contribution in [1.82, 2.24) is 0 Å². The fourth-order valence-electron chi connectivity index (χ4n) is 0.210. The zero-order valence-electron chi connectivity index (χ0n) is 5.52. The third kappa shape index (κ3) is 22.5. The third-order valence-corrected chi connectivity index (χ3v) is 0.992. The van der Waals surface area contributed by atoms with Gasteiger partial charge in [0.2, 0.25) is 0 Å². The van der Waals surface area contributed by atoms with Gasteiger partial charge in [-0.1, -0.05) is 0 Å². The number of hydrogen-bond acceptors (Lipinski definition) is 3. The molecular weight excluding hydrogens is 314 g/mol. The average molecular weight is 326 g/mol. The fraction of sp³-hybridized carbons (Fsp3) is 0.667. The normalized spacial score (nSPS) is 8.08. The van der Waals surface area contributed by atoms with Crippen LogP contribution < -0.4 is 0 Å². The fourth-order valence-corrected chi connectivity index (χ4v) is 0.539. The van der Waals surface area contributed by atoms with Crippen molar-refractivity contribution in [3.05, 3.63) is 0 Å². The van der Waals surface area contributed by atoms with Crippen LogP contribution in [0.15, 0.2) is 0 Å². The molecule has 0 aromatic heterocycles. The van der Waals surface area contributed by atoms with Gasteiger partial charge in [-0.05, 0) is 0 Å². The van der Waals surface area contributed by atoms with Crippen LogP contribution in [0.4, 0.5) is 0 Å². The molecule has 0 amide bonds. The van der Waals surface area contributed by atoms with Crippen LogP contribution in [-0.4, -0.2) is 76.2 Å². The molecule has 0 unspecified atom stereocenters. The van der Waals surface area contributed by atoms with Crippen molar-refractivity contribution < 1.29 is 29.8 Å². The summed E-state index contributed by atoms with van der Waals surface area (Å²) in [4.78, 5) is 16.0. The van der Waals surface area contributed by atoms with E-state index in [1.165, 1.54) is 0 Å². The summed E-state index contributed by atoms with van der Waals surface area (Å²) in [6, 6.07) is 1.67. The molecule has 0 heterocycles. The summed E-state index contributed by atoms with van der Waals surface area (Å²) in [6.45, 7) is -0.221. The van der Waals surface area contributed by atoms with Crippen molar-refractivity contribution in [3.8, 4) is 6.07 Å². The molecule has 0 aromatic rings. The molecule has 7 nitrogen and oxygen atoms in total. The average Bonchev–Trinajstić information content (AvgIpc) is 1.63. The van der Waals surface area contributed by atoms with Crippen molar-refractivity contribution in [1.29, 1.82) is 5.26 Å². The van der Waals surface area contributed by atoms with Crippen LogP contribution in [0.5, 0.6) is 0 Å². The first-order valence-corrected chi connectivity index (χ1v) is 3.66. The molecular formula is C3H12BaNO6P. The van der Waals surface area contributed by atoms with E-state index in [0.717, 1.165) is 0 Å². The van der Waals surface area contributed by atoms with Crippen LogP contribution in [0.25, 0.3) is 0 Å². The molecule has 0 aliphatic carbocycles. The maximum absolute atomic E-state index is 9.87. The predicted molar refractivity (Wildman–Crippen MR) is 44.0 cm³/mol. The van der Waals surface area contributed by atoms with Gasteiger partial charge in [0.25, 0.3) is 0 Å². The Kier molecular flexibility index (Phi) is 23.3. The predicted octanol–water partition coefficient (Wildman–Crippen LogP) is -2.56. The van der Waals surface area contributed by atoms with Gasteiger partial charge >= 0.3 is 56.7 Å². The second-order valence-corrected chi connectivity index (χ2v) is 2.47. The maximum atomic E-state index is 9.87. The quantitative estimate of drug-likeness (QED) is 0.332. The molecule has 0 aliphatic rings. The molecule has 0 fully saturated rings. The Labute approximate surface area is 110 Å². The Balaban J connectivity index is -0.000000107. The number of nitriles is 1. The molecule has 0 aliphatic heterocycles. The van der Waals surface area contributed by atoms with Crippen LogP contribution in [0.1, 0.15) is 6.42 Å². The second-order valence-electron chi connectivity index (χ2n) is 1.23. The molecule has 72 valence electrons. The van der Waals surface area contributed by atoms with E-state index in [1.807, 2.05) is 0 Å². The second kappa shape index (κ2) is 12.1. The van der Waals surface area contributed by atoms with E-state index in [1.54, 1.807) is 6.07 Å². The van der Waals surface area contributed by atoms with E-state index in [9.17, 15) is 4.57 Å². The number of nitrogens with zero attached hydrogens (tertiary/aromatic N) is 1. The first-order chi connectivity index (χ1) is 4.06. The van der Waals surface area contributed by atoms with Gasteiger partial charge in [0, 0.05) is 0 Å². The number of phosphoric acid groups is 1. The summed E-state index contributed by atoms with van der Waals surface area (Å²) in [5, 5.41) is 7.88. The molecule has 0 rings (SSSR count). The van der Waals surface area contributed by atoms with E-state index in [4.69, 9.17) is 15.0 Å². The Morgan fingerprint density at radius 2 is 1.83 bits per heavy atom. The summed E-state index contributed by atoms with van der Waals surface area (Å²) in [5.41, 5.74) is 0. The van der Waals surface area contributed by atoms with E-state index >= 15 is 0 Å². The molecule has 0 saturated carbocycles. The van der Waals surface area contributed by atoms with Crippen molar-refractivity contribution in [2.24, 2.45) is 0 Å². The first kappa shape index (κ1) is 23.2. The molecule has 6 N–H and O–H groups in total. The molecule has 0 atom stereocenters. The Morgan fingerprint density at radius 3 is 2.08 bits per heavy atom. The van der Waals surface area contributed by atoms with Crippen molar-refractivity contribution in [3.63, 3.8) is 0 Å². The van der Waals surface area contributed by atoms with Gasteiger partial charge in [0.15, 0.2) is 0 Å². The minimum atomic E-state index is -4.35. The van der Waals surface area contributed by atoms with Crippen LogP contribution in [0, 0.1) is 11.3 Å². The number of phosphoric ester groups is 1. The topological polar surface area (TPSA) is 154 Å². The van der Waals surface area contributed by atoms with Crippen LogP contribution in [-0.2, 0) is 9.09 Å². The van der Waals surface area contributed by atoms with Crippen molar-refractivity contribution in [2.45, 2.75) is 6.42 Å². The number of hydrogen-bond donors (Lipinski definition) is 2.